The van der Waals surface area contributed by atoms with Gasteiger partial charge in [0.2, 0.25) is 0 Å². The molecule has 0 amide bonds. The third-order valence-electron chi connectivity index (χ3n) is 1.67. The first-order chi connectivity index (χ1) is 7.13. The molecule has 0 fully saturated rings. The highest BCUT2D eigenvalue weighted by atomic mass is 16.6. The summed E-state index contributed by atoms with van der Waals surface area (Å²) in [5.74, 6) is -0.151. The Morgan fingerprint density at radius 3 is 2.20 bits per heavy atom. The molecule has 8 nitrogen and oxygen atoms in total. The van der Waals surface area contributed by atoms with Gasteiger partial charge in [0.1, 0.15) is 11.4 Å². The average molecular weight is 211 g/mol. The second-order valence-electron chi connectivity index (χ2n) is 2.45. The first-order valence-electron chi connectivity index (χ1n) is 3.67. The highest BCUT2D eigenvalue weighted by Gasteiger charge is 2.19. The molecule has 15 heavy (non-hydrogen) atoms. The predicted octanol–water partition coefficient (Wildman–Crippen LogP) is 2.40. The van der Waals surface area contributed by atoms with Crippen LogP contribution in [-0.2, 0) is 0 Å². The summed E-state index contributed by atoms with van der Waals surface area (Å²) < 4.78 is 4.66. The van der Waals surface area contributed by atoms with Crippen LogP contribution in [0.25, 0.3) is 0 Å². The van der Waals surface area contributed by atoms with Gasteiger partial charge in [-0.1, -0.05) is 0 Å². The van der Waals surface area contributed by atoms with Crippen molar-refractivity contribution in [1.29, 1.82) is 0 Å². The Morgan fingerprint density at radius 2 is 1.80 bits per heavy atom. The Labute approximate surface area is 83.0 Å². The lowest BCUT2D eigenvalue weighted by atomic mass is 10.2. The highest BCUT2D eigenvalue weighted by Crippen LogP contribution is 2.38. The van der Waals surface area contributed by atoms with E-state index in [-0.39, 0.29) is 11.4 Å². The Morgan fingerprint density at radius 1 is 1.27 bits per heavy atom. The molecule has 0 aliphatic rings. The summed E-state index contributed by atoms with van der Waals surface area (Å²) in [4.78, 5) is 30.3. The summed E-state index contributed by atoms with van der Waals surface area (Å²) in [6.45, 7) is 0. The third-order valence-corrected chi connectivity index (χ3v) is 1.67. The minimum absolute atomic E-state index is 0.151. The molecule has 0 N–H and O–H groups in total. The number of hydrogen-bond acceptors (Lipinski definition) is 7. The van der Waals surface area contributed by atoms with Crippen LogP contribution in [0.1, 0.15) is 0 Å². The molecule has 0 saturated heterocycles. The van der Waals surface area contributed by atoms with E-state index < -0.39 is 16.3 Å². The van der Waals surface area contributed by atoms with E-state index in [4.69, 9.17) is 0 Å². The van der Waals surface area contributed by atoms with E-state index in [1.54, 1.807) is 0 Å². The summed E-state index contributed by atoms with van der Waals surface area (Å²) in [6, 6.07) is 1.82. The third kappa shape index (κ3) is 1.93. The van der Waals surface area contributed by atoms with E-state index >= 15 is 0 Å². The fraction of sp³-hybridized carbons (Fsp3) is 0.143. The molecule has 1 aromatic carbocycles. The molecular weight excluding hydrogens is 206 g/mol. The maximum Gasteiger partial charge on any atom is 0.313 e. The molecule has 1 aromatic rings. The lowest BCUT2D eigenvalue weighted by molar-refractivity contribution is -0.385. The van der Waals surface area contributed by atoms with Crippen LogP contribution in [0.4, 0.5) is 17.1 Å². The SMILES string of the molecule is COc1cc(N=O)c(N=O)cc1[N+](=O)[O-]. The van der Waals surface area contributed by atoms with Crippen LogP contribution in [0.3, 0.4) is 0 Å². The molecule has 0 radical (unpaired) electrons. The predicted molar refractivity (Wildman–Crippen MR) is 50.6 cm³/mol. The lowest BCUT2D eigenvalue weighted by Gasteiger charge is -2.02. The molecule has 0 saturated carbocycles. The van der Waals surface area contributed by atoms with Gasteiger partial charge < -0.3 is 4.74 Å². The van der Waals surface area contributed by atoms with Gasteiger partial charge in [-0.15, -0.1) is 9.81 Å². The molecule has 8 heteroatoms. The van der Waals surface area contributed by atoms with Gasteiger partial charge in [0.05, 0.1) is 18.1 Å². The molecule has 0 bridgehead atoms. The van der Waals surface area contributed by atoms with Crippen molar-refractivity contribution in [1.82, 2.24) is 0 Å². The van der Waals surface area contributed by atoms with E-state index in [0.717, 1.165) is 12.1 Å². The summed E-state index contributed by atoms with van der Waals surface area (Å²) >= 11 is 0. The molecule has 78 valence electrons. The van der Waals surface area contributed by atoms with Crippen molar-refractivity contribution < 1.29 is 9.66 Å². The van der Waals surface area contributed by atoms with Crippen molar-refractivity contribution in [3.63, 3.8) is 0 Å². The molecule has 0 aliphatic heterocycles. The number of nitrogens with zero attached hydrogens (tertiary/aromatic N) is 3. The van der Waals surface area contributed by atoms with Crippen molar-refractivity contribution in [2.24, 2.45) is 10.4 Å². The fourth-order valence-electron chi connectivity index (χ4n) is 0.999. The summed E-state index contributed by atoms with van der Waals surface area (Å²) in [7, 11) is 1.20. The summed E-state index contributed by atoms with van der Waals surface area (Å²) in [5, 5.41) is 15.5. The van der Waals surface area contributed by atoms with E-state index in [1.165, 1.54) is 7.11 Å². The normalized spacial score (nSPS) is 9.40. The smallest absolute Gasteiger partial charge is 0.313 e. The maximum atomic E-state index is 10.5. The first-order valence-corrected chi connectivity index (χ1v) is 3.67. The second-order valence-corrected chi connectivity index (χ2v) is 2.45. The van der Waals surface area contributed by atoms with E-state index in [0.29, 0.717) is 0 Å². The number of nitroso groups, excluding NO2 is 2. The average Bonchev–Trinajstić information content (AvgIpc) is 2.26. The van der Waals surface area contributed by atoms with Crippen LogP contribution in [0, 0.1) is 19.9 Å². The summed E-state index contributed by atoms with van der Waals surface area (Å²) in [6.07, 6.45) is 0. The highest BCUT2D eigenvalue weighted by molar-refractivity contribution is 5.70. The van der Waals surface area contributed by atoms with E-state index in [1.807, 2.05) is 0 Å². The molecule has 0 aromatic heterocycles. The Balaban J connectivity index is 3.47. The van der Waals surface area contributed by atoms with Crippen LogP contribution < -0.4 is 4.74 Å². The minimum atomic E-state index is -0.748. The number of benzene rings is 1. The molecule has 0 heterocycles. The number of nitro groups is 1. The second kappa shape index (κ2) is 4.22. The number of ether oxygens (including phenoxy) is 1. The Kier molecular flexibility index (Phi) is 3.01. The van der Waals surface area contributed by atoms with Gasteiger partial charge >= 0.3 is 5.69 Å². The number of methoxy groups -OCH3 is 1. The lowest BCUT2D eigenvalue weighted by Crippen LogP contribution is -1.93. The van der Waals surface area contributed by atoms with Crippen molar-refractivity contribution in [2.75, 3.05) is 7.11 Å². The molecule has 0 unspecified atom stereocenters. The van der Waals surface area contributed by atoms with Gasteiger partial charge in [-0.3, -0.25) is 10.1 Å². The molecular formula is C7H5N3O5. The topological polar surface area (TPSA) is 111 Å². The van der Waals surface area contributed by atoms with Crippen LogP contribution in [0.15, 0.2) is 22.5 Å². The monoisotopic (exact) mass is 211 g/mol. The largest absolute Gasteiger partial charge is 0.490 e. The van der Waals surface area contributed by atoms with Crippen LogP contribution >= 0.6 is 0 Å². The first kappa shape index (κ1) is 10.7. The van der Waals surface area contributed by atoms with E-state index in [2.05, 4.69) is 15.1 Å². The van der Waals surface area contributed by atoms with Gasteiger partial charge in [0.15, 0.2) is 5.75 Å². The van der Waals surface area contributed by atoms with Crippen LogP contribution in [0.2, 0.25) is 0 Å². The van der Waals surface area contributed by atoms with Crippen LogP contribution in [0.5, 0.6) is 5.75 Å². The number of hydrogen-bond donors (Lipinski definition) is 0. The molecule has 0 aliphatic carbocycles. The Hall–Kier alpha value is -2.38. The maximum absolute atomic E-state index is 10.5. The quantitative estimate of drug-likeness (QED) is 0.431. The van der Waals surface area contributed by atoms with E-state index in [9.17, 15) is 19.9 Å². The van der Waals surface area contributed by atoms with Gasteiger partial charge in [-0.2, -0.15) is 0 Å². The van der Waals surface area contributed by atoms with Gasteiger partial charge in [0.25, 0.3) is 0 Å². The zero-order chi connectivity index (χ0) is 11.4. The summed E-state index contributed by atoms with van der Waals surface area (Å²) in [5.41, 5.74) is -1.13. The van der Waals surface area contributed by atoms with Crippen molar-refractivity contribution >= 4 is 17.1 Å². The molecule has 0 spiro atoms. The van der Waals surface area contributed by atoms with Crippen LogP contribution in [-0.4, -0.2) is 12.0 Å². The number of rotatable bonds is 4. The van der Waals surface area contributed by atoms with Crippen molar-refractivity contribution in [2.45, 2.75) is 0 Å². The Bertz CT molecular complexity index is 431. The van der Waals surface area contributed by atoms with Crippen molar-refractivity contribution in [3.8, 4) is 5.75 Å². The number of nitro benzene ring substituents is 1. The zero-order valence-electron chi connectivity index (χ0n) is 7.54. The van der Waals surface area contributed by atoms with Gasteiger partial charge in [0, 0.05) is 6.07 Å². The zero-order valence-corrected chi connectivity index (χ0v) is 7.54. The molecule has 1 rings (SSSR count). The fourth-order valence-corrected chi connectivity index (χ4v) is 0.999. The molecule has 0 atom stereocenters. The van der Waals surface area contributed by atoms with Crippen molar-refractivity contribution in [3.05, 3.63) is 32.1 Å². The minimum Gasteiger partial charge on any atom is -0.490 e. The van der Waals surface area contributed by atoms with Gasteiger partial charge in [-0.25, -0.2) is 0 Å². The standard InChI is InChI=1S/C7H5N3O5/c1-15-7-3-5(9-12)4(8-11)2-6(7)10(13)14/h2-3H,1H3. The van der Waals surface area contributed by atoms with Gasteiger partial charge in [-0.05, 0) is 10.4 Å².